The fraction of sp³-hybridized carbons (Fsp3) is 0.171. The Hall–Kier alpha value is -5.65. The summed E-state index contributed by atoms with van der Waals surface area (Å²) in [4.78, 5) is 12.7. The standard InChI is InChI=1S/3C11H8N.C8H2F17NP.Co/c3*1-2-6-10(7-3-1)11-8-4-5-9-12-11;9-3(10,11)6(18,19)27(24,25,2-1-26,7(20,21)4(12,13)14)8(22,23)5(15,16)17;/h3*1-6,8-9H;2H2;/q4*-1;+2. The zero-order valence-electron chi connectivity index (χ0n) is 31.6. The van der Waals surface area contributed by atoms with Crippen molar-refractivity contribution in [3.8, 4) is 39.8 Å². The molecule has 0 fully saturated rings. The van der Waals surface area contributed by atoms with Crippen LogP contribution in [0.25, 0.3) is 33.8 Å². The Morgan fingerprint density at radius 1 is 0.422 bits per heavy atom. The van der Waals surface area contributed by atoms with Crippen molar-refractivity contribution in [3.63, 3.8) is 0 Å². The molecule has 3 aromatic carbocycles. The predicted molar refractivity (Wildman–Crippen MR) is 198 cm³/mol. The van der Waals surface area contributed by atoms with Crippen LogP contribution in [-0.4, -0.2) is 56.6 Å². The monoisotopic (exact) mass is 987 g/mol. The molecular weight excluding hydrogens is 961 g/mol. The Morgan fingerprint density at radius 3 is 0.844 bits per heavy atom. The summed E-state index contributed by atoms with van der Waals surface area (Å²) in [5.74, 6) is 0. The van der Waals surface area contributed by atoms with Crippen LogP contribution in [0.4, 0.5) is 74.3 Å². The number of benzene rings is 3. The van der Waals surface area contributed by atoms with Crippen LogP contribution in [-0.2, 0) is 16.8 Å². The van der Waals surface area contributed by atoms with Crippen molar-refractivity contribution in [2.24, 2.45) is 0 Å². The van der Waals surface area contributed by atoms with Gasteiger partial charge in [0.05, 0.1) is 0 Å². The molecule has 1 radical (unpaired) electrons. The average Bonchev–Trinajstić information content (AvgIpc) is 3.25. The van der Waals surface area contributed by atoms with Crippen LogP contribution in [0, 0.1) is 29.5 Å². The van der Waals surface area contributed by atoms with Gasteiger partial charge in [0.25, 0.3) is 0 Å². The van der Waals surface area contributed by atoms with E-state index >= 15 is 0 Å². The largest absolute Gasteiger partial charge is 2.00 e. The van der Waals surface area contributed by atoms with E-state index in [1.54, 1.807) is 18.6 Å². The average molecular weight is 988 g/mol. The van der Waals surface area contributed by atoms with Crippen molar-refractivity contribution in [2.75, 3.05) is 6.16 Å². The number of hydrogen-bond acceptors (Lipinski definition) is 4. The third-order valence-corrected chi connectivity index (χ3v) is 14.2. The molecule has 0 saturated carbocycles. The van der Waals surface area contributed by atoms with Crippen molar-refractivity contribution in [3.05, 3.63) is 164 Å². The maximum Gasteiger partial charge on any atom is 2.00 e. The molecule has 0 aliphatic heterocycles. The van der Waals surface area contributed by atoms with Crippen LogP contribution < -0.4 is 0 Å². The molecule has 345 valence electrons. The van der Waals surface area contributed by atoms with E-state index in [4.69, 9.17) is 5.26 Å². The van der Waals surface area contributed by atoms with E-state index in [0.29, 0.717) is 0 Å². The second kappa shape index (κ2) is 20.0. The second-order valence-corrected chi connectivity index (χ2v) is 17.8. The summed E-state index contributed by atoms with van der Waals surface area (Å²) in [6.45, 7) is -13.9. The summed E-state index contributed by atoms with van der Waals surface area (Å²) in [7, 11) is 0. The number of aromatic nitrogens is 3. The Morgan fingerprint density at radius 2 is 0.672 bits per heavy atom. The van der Waals surface area contributed by atoms with Gasteiger partial charge in [-0.2, -0.15) is 0 Å². The summed E-state index contributed by atoms with van der Waals surface area (Å²) in [6, 6.07) is 49.5. The molecule has 3 aromatic heterocycles. The number of hydrogen-bond donors (Lipinski definition) is 0. The van der Waals surface area contributed by atoms with Gasteiger partial charge in [-0.25, -0.2) is 0 Å². The van der Waals surface area contributed by atoms with Crippen molar-refractivity contribution in [2.45, 2.75) is 35.5 Å². The molecule has 0 bridgehead atoms. The van der Waals surface area contributed by atoms with E-state index in [9.17, 15) is 74.3 Å². The third kappa shape index (κ3) is 9.85. The van der Waals surface area contributed by atoms with E-state index in [0.717, 1.165) is 33.8 Å². The summed E-state index contributed by atoms with van der Waals surface area (Å²) in [5.41, 5.74) is -21.9. The molecule has 0 aliphatic carbocycles. The van der Waals surface area contributed by atoms with Gasteiger partial charge >= 0.3 is 151 Å². The van der Waals surface area contributed by atoms with Gasteiger partial charge in [-0.1, -0.05) is 36.4 Å². The molecule has 0 atom stereocenters. The van der Waals surface area contributed by atoms with Crippen molar-refractivity contribution >= 4 is 6.57 Å². The minimum Gasteiger partial charge on any atom is -0.305 e. The number of halogens is 17. The van der Waals surface area contributed by atoms with Crippen LogP contribution in [0.15, 0.2) is 146 Å². The SMILES string of the molecule is N#CC[P-](F)(F)(C(F)(F)C(F)(F)F)(C(F)(F)C(F)(F)F)C(F)(F)C(F)(F)F.[Co+2].[c-]1ccccc1-c1ccccn1.[c-]1ccccc1-c1ccccn1.[c-]1ccccc1-c1ccccn1. The number of rotatable bonds is 7. The summed E-state index contributed by atoms with van der Waals surface area (Å²) < 4.78 is 220. The fourth-order valence-electron chi connectivity index (χ4n) is 5.15. The van der Waals surface area contributed by atoms with E-state index in [-0.39, 0.29) is 16.8 Å². The Bertz CT molecular complexity index is 2020. The van der Waals surface area contributed by atoms with Crippen molar-refractivity contribution in [1.29, 1.82) is 5.26 Å². The van der Waals surface area contributed by atoms with E-state index in [1.807, 2.05) is 127 Å². The summed E-state index contributed by atoms with van der Waals surface area (Å²) in [6.07, 6.45) is -25.2. The molecule has 3 heterocycles. The zero-order chi connectivity index (χ0) is 47.5. The molecule has 0 saturated heterocycles. The third-order valence-electron chi connectivity index (χ3n) is 8.48. The van der Waals surface area contributed by atoms with Gasteiger partial charge in [0.1, 0.15) is 0 Å². The van der Waals surface area contributed by atoms with Gasteiger partial charge in [-0.05, 0) is 35.3 Å². The molecule has 4 nitrogen and oxygen atoms in total. The number of nitriles is 1. The van der Waals surface area contributed by atoms with E-state index < -0.39 is 54.3 Å². The van der Waals surface area contributed by atoms with Crippen LogP contribution >= 0.6 is 6.57 Å². The van der Waals surface area contributed by atoms with Crippen LogP contribution in [0.3, 0.4) is 0 Å². The molecule has 0 unspecified atom stereocenters. The molecule has 0 aliphatic rings. The first-order valence-corrected chi connectivity index (χ1v) is 19.7. The van der Waals surface area contributed by atoms with Crippen LogP contribution in [0.1, 0.15) is 0 Å². The van der Waals surface area contributed by atoms with Gasteiger partial charge in [-0.15, -0.1) is 108 Å². The van der Waals surface area contributed by atoms with Gasteiger partial charge in [0.2, 0.25) is 0 Å². The minimum absolute atomic E-state index is 0. The molecular formula is C41H26CoF17N4P-2. The fourth-order valence-corrected chi connectivity index (χ4v) is 8.99. The van der Waals surface area contributed by atoms with Crippen molar-refractivity contribution in [1.82, 2.24) is 15.0 Å². The maximum atomic E-state index is 14.5. The minimum atomic E-state index is -13.9. The quantitative estimate of drug-likeness (QED) is 0.0908. The first-order valence-electron chi connectivity index (χ1n) is 17.0. The second-order valence-electron chi connectivity index (χ2n) is 12.5. The normalized spacial score (nSPS) is 13.2. The van der Waals surface area contributed by atoms with E-state index in [2.05, 4.69) is 33.2 Å². The molecule has 0 spiro atoms. The topological polar surface area (TPSA) is 62.5 Å². The zero-order valence-corrected chi connectivity index (χ0v) is 33.5. The number of pyridine rings is 3. The summed E-state index contributed by atoms with van der Waals surface area (Å²) >= 11 is 0. The van der Waals surface area contributed by atoms with Crippen LogP contribution in [0.5, 0.6) is 0 Å². The number of alkyl halides is 15. The molecule has 0 N–H and O–H groups in total. The Labute approximate surface area is 362 Å². The first kappa shape index (κ1) is 54.5. The van der Waals surface area contributed by atoms with Crippen molar-refractivity contribution < 1.29 is 91.0 Å². The first-order chi connectivity index (χ1) is 29.1. The molecule has 0 amide bonds. The van der Waals surface area contributed by atoms with Gasteiger partial charge in [-0.3, -0.25) is 0 Å². The summed E-state index contributed by atoms with van der Waals surface area (Å²) in [5, 5.41) is 7.82. The molecule has 23 heteroatoms. The maximum absolute atomic E-state index is 14.5. The Kier molecular flexibility index (Phi) is 17.0. The predicted octanol–water partition coefficient (Wildman–Crippen LogP) is 14.5. The van der Waals surface area contributed by atoms with Gasteiger partial charge in [0, 0.05) is 18.6 Å². The Balaban J connectivity index is 0.000000315. The van der Waals surface area contributed by atoms with Gasteiger partial charge < -0.3 is 15.0 Å². The van der Waals surface area contributed by atoms with Gasteiger partial charge in [0.15, 0.2) is 0 Å². The van der Waals surface area contributed by atoms with E-state index in [1.165, 1.54) is 0 Å². The number of nitrogens with zero attached hydrogens (tertiary/aromatic N) is 4. The molecule has 64 heavy (non-hydrogen) atoms. The smallest absolute Gasteiger partial charge is 0.305 e. The molecule has 6 rings (SSSR count). The van der Waals surface area contributed by atoms with Crippen LogP contribution in [0.2, 0.25) is 0 Å². The molecule has 6 aromatic rings.